The third-order valence-corrected chi connectivity index (χ3v) is 5.50. The first-order valence-electron chi connectivity index (χ1n) is 11.4. The Labute approximate surface area is 190 Å². The molecule has 1 saturated carbocycles. The second-order valence-corrected chi connectivity index (χ2v) is 8.95. The molecule has 1 amide bonds. The summed E-state index contributed by atoms with van der Waals surface area (Å²) in [7, 11) is 1.50. The van der Waals surface area contributed by atoms with Crippen LogP contribution in [0.2, 0.25) is 0 Å². The second kappa shape index (κ2) is 13.1. The average molecular weight is 446 g/mol. The quantitative estimate of drug-likeness (QED) is 0.328. The van der Waals surface area contributed by atoms with Gasteiger partial charge in [-0.3, -0.25) is 14.4 Å². The normalized spacial score (nSPS) is 15.1. The molecule has 0 bridgehead atoms. The van der Waals surface area contributed by atoms with E-state index in [2.05, 4.69) is 5.32 Å². The summed E-state index contributed by atoms with van der Waals surface area (Å²) in [6.07, 6.45) is 2.16. The van der Waals surface area contributed by atoms with E-state index in [1.165, 1.54) is 7.11 Å². The van der Waals surface area contributed by atoms with E-state index >= 15 is 0 Å². The minimum absolute atomic E-state index is 0.0791. The van der Waals surface area contributed by atoms with Gasteiger partial charge in [0.15, 0.2) is 11.6 Å². The van der Waals surface area contributed by atoms with Gasteiger partial charge in [0.1, 0.15) is 6.61 Å². The van der Waals surface area contributed by atoms with Gasteiger partial charge in [-0.2, -0.15) is 0 Å². The molecular formula is C25H35NO6. The number of methoxy groups -OCH3 is 1. The molecule has 0 aromatic heterocycles. The number of Topliss-reactive ketones (excluding diaryl/α,β-unsaturated/α-hetero) is 3. The molecule has 0 heterocycles. The van der Waals surface area contributed by atoms with Gasteiger partial charge in [0.25, 0.3) is 0 Å². The number of hydrogen-bond acceptors (Lipinski definition) is 6. The Kier molecular flexibility index (Phi) is 10.5. The van der Waals surface area contributed by atoms with Crippen LogP contribution in [0.3, 0.4) is 0 Å². The Bertz CT molecular complexity index is 772. The third-order valence-electron chi connectivity index (χ3n) is 5.50. The van der Waals surface area contributed by atoms with Crippen molar-refractivity contribution in [2.24, 2.45) is 17.8 Å². The van der Waals surface area contributed by atoms with E-state index in [0.717, 1.165) is 18.4 Å². The Morgan fingerprint density at radius 3 is 2.34 bits per heavy atom. The maximum atomic E-state index is 13.1. The lowest BCUT2D eigenvalue weighted by atomic mass is 9.85. The van der Waals surface area contributed by atoms with Crippen molar-refractivity contribution in [2.75, 3.05) is 20.3 Å². The van der Waals surface area contributed by atoms with Crippen LogP contribution < -0.4 is 5.32 Å². The molecule has 1 aliphatic carbocycles. The van der Waals surface area contributed by atoms with Crippen molar-refractivity contribution >= 4 is 23.4 Å². The number of ketones is 3. The largest absolute Gasteiger partial charge is 0.447 e. The molecule has 0 aliphatic heterocycles. The molecule has 0 spiro atoms. The van der Waals surface area contributed by atoms with Crippen LogP contribution in [0, 0.1) is 17.8 Å². The lowest BCUT2D eigenvalue weighted by molar-refractivity contribution is -0.140. The summed E-state index contributed by atoms with van der Waals surface area (Å²) in [4.78, 5) is 50.7. The molecule has 0 radical (unpaired) electrons. The van der Waals surface area contributed by atoms with E-state index in [1.54, 1.807) is 0 Å². The van der Waals surface area contributed by atoms with Crippen LogP contribution in [0.25, 0.3) is 0 Å². The third kappa shape index (κ3) is 9.30. The molecule has 32 heavy (non-hydrogen) atoms. The maximum Gasteiger partial charge on any atom is 0.407 e. The lowest BCUT2D eigenvalue weighted by Crippen LogP contribution is -2.43. The number of rotatable bonds is 15. The standard InChI is InChI=1S/C25H35NO6/c1-17(2)13-21(26-25(30)32-12-11-31-3)22(27)16-20(14-18-7-5-4-6-8-18)24(29)23(28)15-19-9-10-19/h4-8,17,19-21H,9-16H2,1-3H3,(H,26,30)/t20-,21+/m1/s1. The molecule has 0 unspecified atom stereocenters. The van der Waals surface area contributed by atoms with Gasteiger partial charge in [-0.15, -0.1) is 0 Å². The van der Waals surface area contributed by atoms with Crippen molar-refractivity contribution in [3.05, 3.63) is 35.9 Å². The fourth-order valence-electron chi connectivity index (χ4n) is 3.60. The van der Waals surface area contributed by atoms with Crippen LogP contribution in [0.4, 0.5) is 4.79 Å². The zero-order valence-electron chi connectivity index (χ0n) is 19.3. The molecule has 0 saturated heterocycles. The summed E-state index contributed by atoms with van der Waals surface area (Å²) in [6, 6.07) is 8.59. The number of hydrogen-bond donors (Lipinski definition) is 1. The maximum absolute atomic E-state index is 13.1. The zero-order chi connectivity index (χ0) is 23.5. The van der Waals surface area contributed by atoms with Gasteiger partial charge in [0.05, 0.1) is 12.6 Å². The predicted octanol–water partition coefficient (Wildman–Crippen LogP) is 3.53. The minimum Gasteiger partial charge on any atom is -0.447 e. The summed E-state index contributed by atoms with van der Waals surface area (Å²) in [5, 5.41) is 2.62. The van der Waals surface area contributed by atoms with Crippen molar-refractivity contribution in [2.45, 2.75) is 58.4 Å². The highest BCUT2D eigenvalue weighted by molar-refractivity contribution is 6.38. The van der Waals surface area contributed by atoms with Crippen LogP contribution in [-0.4, -0.2) is 49.8 Å². The smallest absolute Gasteiger partial charge is 0.407 e. The number of ether oxygens (including phenoxy) is 2. The number of amides is 1. The Hall–Kier alpha value is -2.54. The fraction of sp³-hybridized carbons (Fsp3) is 0.600. The SMILES string of the molecule is COCCOC(=O)N[C@@H](CC(C)C)C(=O)C[C@@H](Cc1ccccc1)C(=O)C(=O)CC1CC1. The van der Waals surface area contributed by atoms with Gasteiger partial charge < -0.3 is 14.8 Å². The van der Waals surface area contributed by atoms with Gasteiger partial charge in [-0.05, 0) is 43.1 Å². The highest BCUT2D eigenvalue weighted by atomic mass is 16.6. The van der Waals surface area contributed by atoms with E-state index in [9.17, 15) is 19.2 Å². The summed E-state index contributed by atoms with van der Waals surface area (Å²) >= 11 is 0. The molecular weight excluding hydrogens is 410 g/mol. The molecule has 1 aromatic rings. The predicted molar refractivity (Wildman–Crippen MR) is 120 cm³/mol. The summed E-state index contributed by atoms with van der Waals surface area (Å²) in [6.45, 7) is 4.23. The average Bonchev–Trinajstić information content (AvgIpc) is 3.56. The molecule has 2 rings (SSSR count). The molecule has 2 atom stereocenters. The summed E-state index contributed by atoms with van der Waals surface area (Å²) < 4.78 is 9.89. The van der Waals surface area contributed by atoms with Gasteiger partial charge in [-0.1, -0.05) is 44.2 Å². The van der Waals surface area contributed by atoms with Gasteiger partial charge in [-0.25, -0.2) is 4.79 Å². The van der Waals surface area contributed by atoms with Crippen LogP contribution in [0.15, 0.2) is 30.3 Å². The molecule has 7 heteroatoms. The monoisotopic (exact) mass is 445 g/mol. The van der Waals surface area contributed by atoms with Crippen LogP contribution in [-0.2, 0) is 30.3 Å². The molecule has 1 aromatic carbocycles. The Balaban J connectivity index is 2.09. The van der Waals surface area contributed by atoms with Gasteiger partial charge >= 0.3 is 6.09 Å². The topological polar surface area (TPSA) is 98.8 Å². The van der Waals surface area contributed by atoms with Crippen LogP contribution in [0.1, 0.15) is 51.5 Å². The first kappa shape index (κ1) is 25.7. The Morgan fingerprint density at radius 2 is 1.75 bits per heavy atom. The van der Waals surface area contributed by atoms with Gasteiger partial charge in [0.2, 0.25) is 5.78 Å². The zero-order valence-corrected chi connectivity index (χ0v) is 19.3. The highest BCUT2D eigenvalue weighted by Crippen LogP contribution is 2.33. The van der Waals surface area contributed by atoms with Crippen molar-refractivity contribution in [1.82, 2.24) is 5.32 Å². The number of alkyl carbamates (subject to hydrolysis) is 1. The lowest BCUT2D eigenvalue weighted by Gasteiger charge is -2.22. The highest BCUT2D eigenvalue weighted by Gasteiger charge is 2.34. The molecule has 7 nitrogen and oxygen atoms in total. The van der Waals surface area contributed by atoms with Gasteiger partial charge in [0, 0.05) is 25.9 Å². The number of benzene rings is 1. The molecule has 176 valence electrons. The number of carbonyl (C=O) groups excluding carboxylic acids is 4. The van der Waals surface area contributed by atoms with E-state index < -0.39 is 29.6 Å². The van der Waals surface area contributed by atoms with E-state index in [4.69, 9.17) is 9.47 Å². The molecule has 1 aliphatic rings. The number of nitrogens with one attached hydrogen (secondary N) is 1. The van der Waals surface area contributed by atoms with Crippen LogP contribution >= 0.6 is 0 Å². The first-order chi connectivity index (χ1) is 15.3. The van der Waals surface area contributed by atoms with E-state index in [-0.39, 0.29) is 37.8 Å². The summed E-state index contributed by atoms with van der Waals surface area (Å²) in [5.74, 6) is -1.44. The van der Waals surface area contributed by atoms with E-state index in [0.29, 0.717) is 18.8 Å². The van der Waals surface area contributed by atoms with Crippen LogP contribution in [0.5, 0.6) is 0 Å². The molecule has 1 fully saturated rings. The summed E-state index contributed by atoms with van der Waals surface area (Å²) in [5.41, 5.74) is 0.894. The van der Waals surface area contributed by atoms with Crippen molar-refractivity contribution in [3.8, 4) is 0 Å². The van der Waals surface area contributed by atoms with Crippen molar-refractivity contribution in [1.29, 1.82) is 0 Å². The van der Waals surface area contributed by atoms with Crippen molar-refractivity contribution < 1.29 is 28.7 Å². The first-order valence-corrected chi connectivity index (χ1v) is 11.4. The Morgan fingerprint density at radius 1 is 1.06 bits per heavy atom. The minimum atomic E-state index is -0.783. The fourth-order valence-corrected chi connectivity index (χ4v) is 3.60. The van der Waals surface area contributed by atoms with E-state index in [1.807, 2.05) is 44.2 Å². The van der Waals surface area contributed by atoms with Crippen molar-refractivity contribution in [3.63, 3.8) is 0 Å². The number of carbonyl (C=O) groups is 4. The molecule has 1 N–H and O–H groups in total. The second-order valence-electron chi connectivity index (χ2n) is 8.95.